The van der Waals surface area contributed by atoms with Gasteiger partial charge >= 0.3 is 0 Å². The van der Waals surface area contributed by atoms with Crippen molar-refractivity contribution < 1.29 is 39.8 Å². The topological polar surface area (TPSA) is 162 Å². The first-order valence-electron chi connectivity index (χ1n) is 16.4. The van der Waals surface area contributed by atoms with Crippen molar-refractivity contribution >= 4 is 29.1 Å². The summed E-state index contributed by atoms with van der Waals surface area (Å²) in [5, 5.41) is 51.6. The lowest BCUT2D eigenvalue weighted by Crippen LogP contribution is -2.49. The number of pyridine rings is 1. The molecule has 1 heterocycles. The number of nitrogens with one attached hydrogen (secondary N) is 1. The zero-order chi connectivity index (χ0) is 34.4. The molecule has 1 amide bonds. The van der Waals surface area contributed by atoms with Crippen LogP contribution in [0.3, 0.4) is 0 Å². The monoisotopic (exact) mass is 702 g/mol. The number of hydrogen-bond donors (Lipinski definition) is 6. The molecular formula is C36H44Cl2N2O8. The van der Waals surface area contributed by atoms with Gasteiger partial charge in [0.1, 0.15) is 24.1 Å². The van der Waals surface area contributed by atoms with Crippen molar-refractivity contribution in [3.05, 3.63) is 81.6 Å². The zero-order valence-corrected chi connectivity index (χ0v) is 28.4. The quantitative estimate of drug-likeness (QED) is 0.111. The number of amides is 1. The van der Waals surface area contributed by atoms with Gasteiger partial charge in [0, 0.05) is 46.5 Å². The fourth-order valence-corrected chi connectivity index (χ4v) is 6.38. The molecule has 0 aliphatic heterocycles. The van der Waals surface area contributed by atoms with Crippen LogP contribution < -0.4 is 10.1 Å². The van der Waals surface area contributed by atoms with E-state index in [9.17, 15) is 25.2 Å². The third kappa shape index (κ3) is 9.05. The van der Waals surface area contributed by atoms with Crippen LogP contribution in [-0.4, -0.2) is 80.1 Å². The summed E-state index contributed by atoms with van der Waals surface area (Å²) in [5.74, 6) is 0.535. The molecule has 5 atom stereocenters. The molecule has 2 saturated carbocycles. The average Bonchev–Trinajstić information content (AvgIpc) is 4.04. The van der Waals surface area contributed by atoms with Crippen LogP contribution in [0.15, 0.2) is 54.9 Å². The number of carbonyl (C=O) groups is 1. The molecule has 0 radical (unpaired) electrons. The lowest BCUT2D eigenvalue weighted by Gasteiger charge is -2.25. The number of aliphatic hydroxyl groups is 5. The van der Waals surface area contributed by atoms with Gasteiger partial charge in [-0.1, -0.05) is 48.3 Å². The maximum Gasteiger partial charge on any atom is 0.220 e. The summed E-state index contributed by atoms with van der Waals surface area (Å²) in [6.07, 6.45) is 2.58. The van der Waals surface area contributed by atoms with E-state index in [4.69, 9.17) is 37.8 Å². The molecule has 2 aliphatic carbocycles. The Kier molecular flexibility index (Phi) is 12.4. The van der Waals surface area contributed by atoms with E-state index in [1.807, 2.05) is 49.5 Å². The lowest BCUT2D eigenvalue weighted by atomic mass is 9.94. The SMILES string of the molecule is CC(CCCC(=O)NCC(O)C(O)C(O)C(O)CO)c1cc(Cl)c(COC2(c3cnccc3-c3ccccc3OC3CC3)CC2)cc1Cl. The van der Waals surface area contributed by atoms with E-state index < -0.39 is 36.6 Å². The van der Waals surface area contributed by atoms with Crippen LogP contribution in [0.5, 0.6) is 5.75 Å². The number of ether oxygens (including phenoxy) is 2. The molecule has 48 heavy (non-hydrogen) atoms. The highest BCUT2D eigenvalue weighted by atomic mass is 35.5. The van der Waals surface area contributed by atoms with Gasteiger partial charge < -0.3 is 40.3 Å². The second kappa shape index (κ2) is 16.3. The van der Waals surface area contributed by atoms with E-state index in [1.165, 1.54) is 0 Å². The van der Waals surface area contributed by atoms with Crippen LogP contribution in [0.4, 0.5) is 0 Å². The third-order valence-electron chi connectivity index (χ3n) is 9.09. The van der Waals surface area contributed by atoms with Crippen LogP contribution >= 0.6 is 23.2 Å². The molecule has 1 aromatic heterocycles. The minimum absolute atomic E-state index is 0.00551. The highest BCUT2D eigenvalue weighted by Crippen LogP contribution is 2.53. The predicted octanol–water partition coefficient (Wildman–Crippen LogP) is 4.63. The molecule has 2 aliphatic rings. The summed E-state index contributed by atoms with van der Waals surface area (Å²) in [4.78, 5) is 16.7. The van der Waals surface area contributed by atoms with Gasteiger partial charge in [-0.15, -0.1) is 0 Å². The molecule has 2 aromatic carbocycles. The highest BCUT2D eigenvalue weighted by molar-refractivity contribution is 6.34. The molecule has 0 bridgehead atoms. The zero-order valence-electron chi connectivity index (χ0n) is 26.9. The van der Waals surface area contributed by atoms with E-state index in [0.717, 1.165) is 59.3 Å². The van der Waals surface area contributed by atoms with E-state index in [1.54, 1.807) is 6.20 Å². The number of para-hydroxylation sites is 1. The number of rotatable bonds is 18. The Balaban J connectivity index is 1.15. The van der Waals surface area contributed by atoms with E-state index in [2.05, 4.69) is 16.4 Å². The molecule has 0 saturated heterocycles. The molecule has 6 N–H and O–H groups in total. The Morgan fingerprint density at radius 3 is 2.46 bits per heavy atom. The number of halogens is 2. The Labute approximate surface area is 290 Å². The molecule has 0 spiro atoms. The summed E-state index contributed by atoms with van der Waals surface area (Å²) >= 11 is 13.5. The summed E-state index contributed by atoms with van der Waals surface area (Å²) in [6, 6.07) is 13.8. The Morgan fingerprint density at radius 2 is 1.75 bits per heavy atom. The van der Waals surface area contributed by atoms with Gasteiger partial charge in [0.2, 0.25) is 5.91 Å². The van der Waals surface area contributed by atoms with Crippen molar-refractivity contribution in [2.45, 2.75) is 101 Å². The molecule has 3 aromatic rings. The van der Waals surface area contributed by atoms with E-state index in [-0.39, 0.29) is 37.5 Å². The summed E-state index contributed by atoms with van der Waals surface area (Å²) in [6.45, 7) is 1.19. The molecule has 5 rings (SSSR count). The van der Waals surface area contributed by atoms with Crippen LogP contribution in [0.2, 0.25) is 10.0 Å². The van der Waals surface area contributed by atoms with Gasteiger partial charge in [-0.3, -0.25) is 9.78 Å². The fourth-order valence-electron chi connectivity index (χ4n) is 5.78. The summed E-state index contributed by atoms with van der Waals surface area (Å²) in [5.41, 5.74) is 4.27. The van der Waals surface area contributed by atoms with Crippen molar-refractivity contribution in [2.24, 2.45) is 0 Å². The number of aliphatic hydroxyl groups excluding tert-OH is 5. The lowest BCUT2D eigenvalue weighted by molar-refractivity contribution is -0.126. The van der Waals surface area contributed by atoms with Gasteiger partial charge in [0.15, 0.2) is 0 Å². The first kappa shape index (κ1) is 36.5. The van der Waals surface area contributed by atoms with Crippen LogP contribution in [-0.2, 0) is 21.7 Å². The maximum absolute atomic E-state index is 12.3. The van der Waals surface area contributed by atoms with Gasteiger partial charge in [-0.2, -0.15) is 0 Å². The normalized spacial score (nSPS) is 18.4. The second-order valence-corrected chi connectivity index (χ2v) is 13.7. The fraction of sp³-hybridized carbons (Fsp3) is 0.500. The van der Waals surface area contributed by atoms with Gasteiger partial charge in [-0.25, -0.2) is 0 Å². The van der Waals surface area contributed by atoms with Crippen molar-refractivity contribution in [1.82, 2.24) is 10.3 Å². The van der Waals surface area contributed by atoms with Crippen molar-refractivity contribution in [3.8, 4) is 16.9 Å². The Hall–Kier alpha value is -2.80. The molecular weight excluding hydrogens is 659 g/mol. The van der Waals surface area contributed by atoms with Gasteiger partial charge in [0.25, 0.3) is 0 Å². The van der Waals surface area contributed by atoms with Crippen molar-refractivity contribution in [1.29, 1.82) is 0 Å². The highest BCUT2D eigenvalue weighted by Gasteiger charge is 2.48. The first-order valence-corrected chi connectivity index (χ1v) is 17.2. The number of carbonyl (C=O) groups excluding carboxylic acids is 1. The smallest absolute Gasteiger partial charge is 0.220 e. The molecule has 2 fully saturated rings. The number of hydrogen-bond acceptors (Lipinski definition) is 9. The first-order chi connectivity index (χ1) is 23.0. The van der Waals surface area contributed by atoms with E-state index in [0.29, 0.717) is 22.9 Å². The average molecular weight is 704 g/mol. The molecule has 5 unspecified atom stereocenters. The van der Waals surface area contributed by atoms with Crippen LogP contribution in [0, 0.1) is 0 Å². The largest absolute Gasteiger partial charge is 0.490 e. The summed E-state index contributed by atoms with van der Waals surface area (Å²) < 4.78 is 12.8. The Bertz CT molecular complexity index is 1550. The number of nitrogens with zero attached hydrogens (tertiary/aromatic N) is 1. The molecule has 260 valence electrons. The van der Waals surface area contributed by atoms with Gasteiger partial charge in [-0.05, 0) is 85.4 Å². The van der Waals surface area contributed by atoms with Crippen molar-refractivity contribution in [2.75, 3.05) is 13.2 Å². The molecule has 10 nitrogen and oxygen atoms in total. The van der Waals surface area contributed by atoms with Gasteiger partial charge in [0.05, 0.1) is 31.0 Å². The van der Waals surface area contributed by atoms with Crippen molar-refractivity contribution in [3.63, 3.8) is 0 Å². The van der Waals surface area contributed by atoms with E-state index >= 15 is 0 Å². The number of benzene rings is 2. The molecule has 12 heteroatoms. The van der Waals surface area contributed by atoms with Crippen LogP contribution in [0.25, 0.3) is 11.1 Å². The predicted molar refractivity (Wildman–Crippen MR) is 182 cm³/mol. The summed E-state index contributed by atoms with van der Waals surface area (Å²) in [7, 11) is 0. The minimum Gasteiger partial charge on any atom is -0.490 e. The third-order valence-corrected chi connectivity index (χ3v) is 9.77. The van der Waals surface area contributed by atoms with Crippen LogP contribution in [0.1, 0.15) is 74.5 Å². The standard InChI is InChI=1S/C36H44Cl2N2O8/c1-21(5-4-8-33(44)40-18-30(42)34(45)35(46)31(43)19-41)26-16-28(37)22(15-29(26)38)20-47-36(12-13-36)27-17-39-14-11-24(27)25-6-2-3-7-32(25)48-23-9-10-23/h2-3,6-7,11,14-17,21,23,30-31,34-35,41-43,45-46H,4-5,8-10,12-13,18-20H2,1H3,(H,40,44). The number of aromatic nitrogens is 1. The minimum atomic E-state index is -1.75. The maximum atomic E-state index is 12.3. The second-order valence-electron chi connectivity index (χ2n) is 12.9. The Morgan fingerprint density at radius 1 is 1.02 bits per heavy atom.